The summed E-state index contributed by atoms with van der Waals surface area (Å²) in [6.07, 6.45) is 0. The van der Waals surface area contributed by atoms with Gasteiger partial charge in [-0.05, 0) is 47.3 Å². The van der Waals surface area contributed by atoms with Crippen LogP contribution in [0.5, 0.6) is 23.0 Å². The number of rotatable bonds is 2. The van der Waals surface area contributed by atoms with E-state index in [1.165, 1.54) is 10.8 Å². The molecule has 0 spiro atoms. The minimum Gasteiger partial charge on any atom is -0.458 e. The topological polar surface area (TPSA) is 47.2 Å². The summed E-state index contributed by atoms with van der Waals surface area (Å²) < 4.78 is 15.5. The molecule has 1 aromatic heterocycles. The molecule has 2 aliphatic rings. The van der Waals surface area contributed by atoms with E-state index in [9.17, 15) is 5.26 Å². The average molecular weight is 536 g/mol. The van der Waals surface area contributed by atoms with Crippen molar-refractivity contribution in [3.63, 3.8) is 0 Å². The summed E-state index contributed by atoms with van der Waals surface area (Å²) in [6.45, 7) is -0.0724. The lowest BCUT2D eigenvalue weighted by Gasteiger charge is -2.34. The Hall–Kier alpha value is -5.73. The molecule has 0 aliphatic carbocycles. The highest BCUT2D eigenvalue weighted by molar-refractivity contribution is 6.98. The summed E-state index contributed by atoms with van der Waals surface area (Å²) >= 11 is 0. The predicted octanol–water partition coefficient (Wildman–Crippen LogP) is 7.05. The quantitative estimate of drug-likeness (QED) is 0.223. The van der Waals surface area contributed by atoms with E-state index in [-0.39, 0.29) is 6.71 Å². The molecule has 0 N–H and O–H groups in total. The zero-order chi connectivity index (χ0) is 27.8. The summed E-state index contributed by atoms with van der Waals surface area (Å²) in [5.41, 5.74) is 8.55. The van der Waals surface area contributed by atoms with Gasteiger partial charge in [-0.1, -0.05) is 91.0 Å². The largest absolute Gasteiger partial charge is 0.458 e. The van der Waals surface area contributed by atoms with Gasteiger partial charge >= 0.3 is 0 Å². The fourth-order valence-corrected chi connectivity index (χ4v) is 6.86. The van der Waals surface area contributed by atoms with Crippen molar-refractivity contribution >= 4 is 44.9 Å². The van der Waals surface area contributed by atoms with Gasteiger partial charge in [0.25, 0.3) is 6.71 Å². The fraction of sp³-hybridized carbons (Fsp3) is 0. The van der Waals surface area contributed by atoms with Gasteiger partial charge in [-0.3, -0.25) is 0 Å². The van der Waals surface area contributed by atoms with Crippen molar-refractivity contribution < 1.29 is 9.47 Å². The van der Waals surface area contributed by atoms with Crippen LogP contribution in [-0.4, -0.2) is 11.3 Å². The van der Waals surface area contributed by atoms with Crippen molar-refractivity contribution in [1.29, 1.82) is 5.26 Å². The number of para-hydroxylation sites is 5. The van der Waals surface area contributed by atoms with E-state index >= 15 is 0 Å². The molecule has 0 saturated carbocycles. The molecule has 0 bridgehead atoms. The lowest BCUT2D eigenvalue weighted by atomic mass is 9.34. The summed E-state index contributed by atoms with van der Waals surface area (Å²) in [4.78, 5) is 0. The van der Waals surface area contributed by atoms with Crippen LogP contribution >= 0.6 is 0 Å². The molecule has 0 amide bonds. The Balaban J connectivity index is 1.39. The van der Waals surface area contributed by atoms with Crippen molar-refractivity contribution in [3.05, 3.63) is 133 Å². The van der Waals surface area contributed by atoms with E-state index < -0.39 is 0 Å². The zero-order valence-electron chi connectivity index (χ0n) is 22.4. The van der Waals surface area contributed by atoms with Gasteiger partial charge in [0.05, 0.1) is 22.3 Å². The number of nitriles is 1. The van der Waals surface area contributed by atoms with Crippen molar-refractivity contribution in [2.24, 2.45) is 0 Å². The maximum Gasteiger partial charge on any atom is 0.260 e. The molecule has 7 aromatic rings. The molecular formula is C37H21BN2O2. The summed E-state index contributed by atoms with van der Waals surface area (Å²) in [7, 11) is 0. The van der Waals surface area contributed by atoms with E-state index in [4.69, 9.17) is 9.47 Å². The first kappa shape index (κ1) is 23.0. The molecule has 6 aromatic carbocycles. The molecule has 0 unspecified atom stereocenters. The van der Waals surface area contributed by atoms with Crippen molar-refractivity contribution in [2.75, 3.05) is 0 Å². The first-order valence-corrected chi connectivity index (χ1v) is 14.0. The second kappa shape index (κ2) is 8.64. The number of ether oxygens (including phenoxy) is 2. The van der Waals surface area contributed by atoms with Gasteiger partial charge in [0.1, 0.15) is 29.1 Å². The first-order valence-electron chi connectivity index (χ1n) is 14.0. The Morgan fingerprint density at radius 2 is 1.17 bits per heavy atom. The molecule has 0 atom stereocenters. The lowest BCUT2D eigenvalue weighted by Crippen LogP contribution is -2.57. The summed E-state index contributed by atoms with van der Waals surface area (Å²) in [6, 6.07) is 45.9. The van der Waals surface area contributed by atoms with E-state index in [0.29, 0.717) is 17.1 Å². The minimum absolute atomic E-state index is 0.0724. The number of hydrogen-bond donors (Lipinski definition) is 0. The fourth-order valence-electron chi connectivity index (χ4n) is 6.86. The highest BCUT2D eigenvalue weighted by Gasteiger charge is 2.42. The molecule has 42 heavy (non-hydrogen) atoms. The molecule has 4 nitrogen and oxygen atoms in total. The van der Waals surface area contributed by atoms with Gasteiger partial charge in [0.15, 0.2) is 0 Å². The Morgan fingerprint density at radius 1 is 0.595 bits per heavy atom. The number of aromatic nitrogens is 1. The van der Waals surface area contributed by atoms with Crippen molar-refractivity contribution in [1.82, 2.24) is 4.57 Å². The molecule has 0 radical (unpaired) electrons. The second-order valence-corrected chi connectivity index (χ2v) is 10.8. The predicted molar refractivity (Wildman–Crippen MR) is 169 cm³/mol. The van der Waals surface area contributed by atoms with Crippen LogP contribution in [0.15, 0.2) is 127 Å². The third kappa shape index (κ3) is 3.06. The van der Waals surface area contributed by atoms with Gasteiger partial charge in [-0.25, -0.2) is 0 Å². The third-order valence-electron chi connectivity index (χ3n) is 8.58. The van der Waals surface area contributed by atoms with Crippen LogP contribution in [0.3, 0.4) is 0 Å². The van der Waals surface area contributed by atoms with Gasteiger partial charge in [0.2, 0.25) is 0 Å². The normalized spacial score (nSPS) is 12.6. The number of hydrogen-bond acceptors (Lipinski definition) is 3. The lowest BCUT2D eigenvalue weighted by molar-refractivity contribution is 0.465. The molecule has 3 heterocycles. The maximum atomic E-state index is 10.6. The van der Waals surface area contributed by atoms with Crippen molar-refractivity contribution in [3.8, 4) is 45.9 Å². The Kier molecular flexibility index (Phi) is 4.73. The Morgan fingerprint density at radius 3 is 1.86 bits per heavy atom. The van der Waals surface area contributed by atoms with Gasteiger partial charge in [0, 0.05) is 27.4 Å². The van der Waals surface area contributed by atoms with E-state index in [2.05, 4.69) is 89.5 Å². The van der Waals surface area contributed by atoms with Crippen LogP contribution in [0.4, 0.5) is 0 Å². The van der Waals surface area contributed by atoms with Crippen LogP contribution in [0.2, 0.25) is 0 Å². The monoisotopic (exact) mass is 536 g/mol. The second-order valence-electron chi connectivity index (χ2n) is 10.8. The number of nitrogens with zero attached hydrogens (tertiary/aromatic N) is 2. The smallest absolute Gasteiger partial charge is 0.260 e. The van der Waals surface area contributed by atoms with E-state index in [0.717, 1.165) is 55.7 Å². The number of fused-ring (bicyclic) bond motifs is 7. The molecule has 2 aliphatic heterocycles. The molecule has 0 fully saturated rings. The Bertz CT molecular complexity index is 2230. The molecule has 9 rings (SSSR count). The molecule has 0 saturated heterocycles. The van der Waals surface area contributed by atoms with Crippen LogP contribution in [0, 0.1) is 11.3 Å². The van der Waals surface area contributed by atoms with E-state index in [1.807, 2.05) is 48.5 Å². The Labute approximate surface area is 242 Å². The van der Waals surface area contributed by atoms with Crippen LogP contribution < -0.4 is 25.9 Å². The average Bonchev–Trinajstić information content (AvgIpc) is 3.38. The summed E-state index contributed by atoms with van der Waals surface area (Å²) in [5.74, 6) is 2.94. The molecule has 5 heteroatoms. The standard InChI is InChI=1S/C37H21BN2O2/c39-22-23-21-34-36-37(42-33-20-10-5-15-28(33)38(36)27-14-4-9-19-32(27)41-34)35(23)26-13-3-8-18-31(26)40-29-16-6-1-11-24(29)25-12-2-7-17-30(25)40/h1-21H. The first-order chi connectivity index (χ1) is 20.8. The van der Waals surface area contributed by atoms with Crippen molar-refractivity contribution in [2.45, 2.75) is 0 Å². The molecular weight excluding hydrogens is 515 g/mol. The van der Waals surface area contributed by atoms with Crippen LogP contribution in [0.25, 0.3) is 38.6 Å². The minimum atomic E-state index is -0.0724. The van der Waals surface area contributed by atoms with Crippen LogP contribution in [0.1, 0.15) is 5.56 Å². The highest BCUT2D eigenvalue weighted by atomic mass is 16.5. The van der Waals surface area contributed by atoms with Gasteiger partial charge < -0.3 is 14.0 Å². The SMILES string of the molecule is N#Cc1cc2c3c(c1-c1ccccc1-n1c4ccccc4c4ccccc41)Oc1ccccc1B3c1ccccc1O2. The number of benzene rings is 6. The molecule has 194 valence electrons. The zero-order valence-corrected chi connectivity index (χ0v) is 22.4. The highest BCUT2D eigenvalue weighted by Crippen LogP contribution is 2.45. The van der Waals surface area contributed by atoms with Gasteiger partial charge in [-0.2, -0.15) is 5.26 Å². The van der Waals surface area contributed by atoms with Crippen LogP contribution in [-0.2, 0) is 0 Å². The summed E-state index contributed by atoms with van der Waals surface area (Å²) in [5, 5.41) is 12.9. The third-order valence-corrected chi connectivity index (χ3v) is 8.58. The van der Waals surface area contributed by atoms with Gasteiger partial charge in [-0.15, -0.1) is 0 Å². The van der Waals surface area contributed by atoms with E-state index in [1.54, 1.807) is 0 Å². The maximum absolute atomic E-state index is 10.6.